The maximum Gasteiger partial charge on any atom is 0.312 e. The zero-order valence-corrected chi connectivity index (χ0v) is 14.3. The van der Waals surface area contributed by atoms with E-state index in [9.17, 15) is 9.59 Å². The zero-order chi connectivity index (χ0) is 17.4. The number of nitrogens with one attached hydrogen (secondary N) is 2. The number of ether oxygens (including phenoxy) is 1. The van der Waals surface area contributed by atoms with Crippen LogP contribution in [0.4, 0.5) is 4.79 Å². The lowest BCUT2D eigenvalue weighted by molar-refractivity contribution is -0.124. The molecule has 6 heteroatoms. The fraction of sp³-hybridized carbons (Fsp3) is 0.529. The maximum atomic E-state index is 12.3. The lowest BCUT2D eigenvalue weighted by atomic mass is 9.98. The van der Waals surface area contributed by atoms with Gasteiger partial charge in [0.2, 0.25) is 5.91 Å². The molecular weight excluding hydrogens is 294 g/mol. The van der Waals surface area contributed by atoms with Crippen molar-refractivity contribution in [3.05, 3.63) is 29.3 Å². The van der Waals surface area contributed by atoms with E-state index in [-0.39, 0.29) is 11.8 Å². The number of aryl methyl sites for hydroxylation is 1. The summed E-state index contributed by atoms with van der Waals surface area (Å²) in [6, 6.07) is 4.64. The van der Waals surface area contributed by atoms with Crippen molar-refractivity contribution in [2.75, 3.05) is 13.7 Å². The van der Waals surface area contributed by atoms with E-state index in [0.717, 1.165) is 23.3 Å². The predicted octanol–water partition coefficient (Wildman–Crippen LogP) is 1.75. The minimum Gasteiger partial charge on any atom is -0.496 e. The minimum atomic E-state index is -0.689. The molecule has 0 spiro atoms. The van der Waals surface area contributed by atoms with Crippen LogP contribution >= 0.6 is 0 Å². The van der Waals surface area contributed by atoms with Crippen LogP contribution in [0.2, 0.25) is 0 Å². The first-order valence-electron chi connectivity index (χ1n) is 7.86. The molecule has 23 heavy (non-hydrogen) atoms. The Kier molecular flexibility index (Phi) is 7.38. The zero-order valence-electron chi connectivity index (χ0n) is 14.3. The van der Waals surface area contributed by atoms with Gasteiger partial charge in [-0.1, -0.05) is 38.0 Å². The molecule has 0 heterocycles. The lowest BCUT2D eigenvalue weighted by Crippen LogP contribution is -2.52. The number of benzene rings is 1. The number of urea groups is 1. The van der Waals surface area contributed by atoms with Crippen LogP contribution in [-0.2, 0) is 11.2 Å². The van der Waals surface area contributed by atoms with Crippen molar-refractivity contribution >= 4 is 11.9 Å². The first kappa shape index (κ1) is 18.8. The van der Waals surface area contributed by atoms with Gasteiger partial charge in [0, 0.05) is 6.54 Å². The number of primary amides is 1. The van der Waals surface area contributed by atoms with Crippen molar-refractivity contribution in [3.63, 3.8) is 0 Å². The standard InChI is InChI=1S/C17H27N3O3/c1-5-12(3)15(20-17(18)22)16(21)19-9-8-13-10-11(2)6-7-14(13)23-4/h6-7,10,12,15H,5,8-9H2,1-4H3,(H,19,21)(H3,18,20,22)/t12-,15-/m0/s1. The second kappa shape index (κ2) is 9.02. The Labute approximate surface area is 137 Å². The molecule has 3 amide bonds. The highest BCUT2D eigenvalue weighted by Gasteiger charge is 2.24. The number of carbonyl (C=O) groups excluding carboxylic acids is 2. The number of nitrogens with two attached hydrogens (primary N) is 1. The van der Waals surface area contributed by atoms with Gasteiger partial charge in [0.1, 0.15) is 11.8 Å². The normalized spacial score (nSPS) is 13.0. The average Bonchev–Trinajstić information content (AvgIpc) is 2.51. The molecule has 1 aromatic rings. The fourth-order valence-corrected chi connectivity index (χ4v) is 2.39. The quantitative estimate of drug-likeness (QED) is 0.681. The van der Waals surface area contributed by atoms with Crippen molar-refractivity contribution < 1.29 is 14.3 Å². The van der Waals surface area contributed by atoms with E-state index in [1.807, 2.05) is 39.0 Å². The summed E-state index contributed by atoms with van der Waals surface area (Å²) in [6.45, 7) is 6.35. The van der Waals surface area contributed by atoms with E-state index in [2.05, 4.69) is 10.6 Å². The summed E-state index contributed by atoms with van der Waals surface area (Å²) in [5.74, 6) is 0.597. The largest absolute Gasteiger partial charge is 0.496 e. The fourth-order valence-electron chi connectivity index (χ4n) is 2.39. The van der Waals surface area contributed by atoms with E-state index in [4.69, 9.17) is 10.5 Å². The van der Waals surface area contributed by atoms with Crippen LogP contribution in [0.3, 0.4) is 0 Å². The van der Waals surface area contributed by atoms with Gasteiger partial charge in [-0.15, -0.1) is 0 Å². The van der Waals surface area contributed by atoms with E-state index >= 15 is 0 Å². The van der Waals surface area contributed by atoms with Gasteiger partial charge in [0.05, 0.1) is 7.11 Å². The second-order valence-electron chi connectivity index (χ2n) is 5.73. The third-order valence-electron chi connectivity index (χ3n) is 3.92. The molecule has 0 aliphatic rings. The summed E-state index contributed by atoms with van der Waals surface area (Å²) in [6.07, 6.45) is 1.42. The average molecular weight is 321 g/mol. The molecule has 0 unspecified atom stereocenters. The number of amides is 3. The molecule has 0 saturated carbocycles. The summed E-state index contributed by atoms with van der Waals surface area (Å²) in [7, 11) is 1.63. The molecule has 6 nitrogen and oxygen atoms in total. The molecule has 2 atom stereocenters. The highest BCUT2D eigenvalue weighted by atomic mass is 16.5. The summed E-state index contributed by atoms with van der Waals surface area (Å²) >= 11 is 0. The van der Waals surface area contributed by atoms with Crippen LogP contribution in [0.5, 0.6) is 5.75 Å². The molecule has 4 N–H and O–H groups in total. The number of rotatable bonds is 8. The highest BCUT2D eigenvalue weighted by Crippen LogP contribution is 2.19. The van der Waals surface area contributed by atoms with Crippen molar-refractivity contribution in [1.29, 1.82) is 0 Å². The Morgan fingerprint density at radius 1 is 1.35 bits per heavy atom. The predicted molar refractivity (Wildman–Crippen MR) is 90.4 cm³/mol. The van der Waals surface area contributed by atoms with E-state index in [1.165, 1.54) is 0 Å². The molecule has 1 rings (SSSR count). The van der Waals surface area contributed by atoms with Gasteiger partial charge in [-0.25, -0.2) is 4.79 Å². The Hall–Kier alpha value is -2.24. The van der Waals surface area contributed by atoms with Crippen LogP contribution in [0, 0.1) is 12.8 Å². The van der Waals surface area contributed by atoms with Crippen molar-refractivity contribution in [2.24, 2.45) is 11.7 Å². The van der Waals surface area contributed by atoms with E-state index in [0.29, 0.717) is 13.0 Å². The maximum absolute atomic E-state index is 12.3. The first-order valence-corrected chi connectivity index (χ1v) is 7.86. The van der Waals surface area contributed by atoms with Crippen molar-refractivity contribution in [2.45, 2.75) is 39.7 Å². The Bertz CT molecular complexity index is 546. The van der Waals surface area contributed by atoms with Gasteiger partial charge in [0.15, 0.2) is 0 Å². The number of carbonyl (C=O) groups is 2. The molecule has 0 fully saturated rings. The summed E-state index contributed by atoms with van der Waals surface area (Å²) in [5, 5.41) is 5.37. The van der Waals surface area contributed by atoms with Crippen LogP contribution in [-0.4, -0.2) is 31.6 Å². The summed E-state index contributed by atoms with van der Waals surface area (Å²) in [5.41, 5.74) is 7.33. The molecular formula is C17H27N3O3. The third kappa shape index (κ3) is 5.81. The van der Waals surface area contributed by atoms with Crippen LogP contribution in [0.15, 0.2) is 18.2 Å². The van der Waals surface area contributed by atoms with E-state index < -0.39 is 12.1 Å². The topological polar surface area (TPSA) is 93.5 Å². The number of hydrogen-bond donors (Lipinski definition) is 3. The third-order valence-corrected chi connectivity index (χ3v) is 3.92. The summed E-state index contributed by atoms with van der Waals surface area (Å²) < 4.78 is 5.33. The molecule has 0 aromatic heterocycles. The van der Waals surface area contributed by atoms with Crippen LogP contribution < -0.4 is 21.1 Å². The van der Waals surface area contributed by atoms with Crippen molar-refractivity contribution in [3.8, 4) is 5.75 Å². The molecule has 128 valence electrons. The number of methoxy groups -OCH3 is 1. The Morgan fingerprint density at radius 3 is 2.61 bits per heavy atom. The molecule has 0 bridgehead atoms. The summed E-state index contributed by atoms with van der Waals surface area (Å²) in [4.78, 5) is 23.3. The van der Waals surface area contributed by atoms with Crippen LogP contribution in [0.25, 0.3) is 0 Å². The van der Waals surface area contributed by atoms with Crippen LogP contribution in [0.1, 0.15) is 31.4 Å². The van der Waals surface area contributed by atoms with Gasteiger partial charge < -0.3 is 21.1 Å². The molecule has 0 saturated heterocycles. The molecule has 0 aliphatic carbocycles. The van der Waals surface area contributed by atoms with Gasteiger partial charge in [0.25, 0.3) is 0 Å². The molecule has 0 aliphatic heterocycles. The number of hydrogen-bond acceptors (Lipinski definition) is 3. The van der Waals surface area contributed by atoms with Gasteiger partial charge in [-0.3, -0.25) is 4.79 Å². The smallest absolute Gasteiger partial charge is 0.312 e. The lowest BCUT2D eigenvalue weighted by Gasteiger charge is -2.22. The van der Waals surface area contributed by atoms with Crippen molar-refractivity contribution in [1.82, 2.24) is 10.6 Å². The molecule has 1 aromatic carbocycles. The second-order valence-corrected chi connectivity index (χ2v) is 5.73. The highest BCUT2D eigenvalue weighted by molar-refractivity contribution is 5.86. The van der Waals surface area contributed by atoms with Gasteiger partial charge in [-0.2, -0.15) is 0 Å². The minimum absolute atomic E-state index is 0.0102. The SMILES string of the molecule is CC[C@H](C)[C@H](NC(N)=O)C(=O)NCCc1cc(C)ccc1OC. The van der Waals surface area contributed by atoms with Gasteiger partial charge >= 0.3 is 6.03 Å². The Balaban J connectivity index is 2.64. The monoisotopic (exact) mass is 321 g/mol. The Morgan fingerprint density at radius 2 is 2.04 bits per heavy atom. The van der Waals surface area contributed by atoms with E-state index in [1.54, 1.807) is 7.11 Å². The van der Waals surface area contributed by atoms with Gasteiger partial charge in [-0.05, 0) is 30.9 Å². The first-order chi connectivity index (χ1) is 10.9. The molecule has 0 radical (unpaired) electrons.